The Morgan fingerprint density at radius 2 is 2.04 bits per heavy atom. The van der Waals surface area contributed by atoms with Crippen molar-refractivity contribution in [2.45, 2.75) is 27.3 Å². The number of aryl methyl sites for hydroxylation is 2. The van der Waals surface area contributed by atoms with Gasteiger partial charge >= 0.3 is 0 Å². The normalized spacial score (nSPS) is 10.2. The molecule has 0 bridgehead atoms. The zero-order chi connectivity index (χ0) is 16.7. The summed E-state index contributed by atoms with van der Waals surface area (Å²) in [5.74, 6) is 1.10. The molecule has 1 N–H and O–H groups in total. The number of hydrogen-bond acceptors (Lipinski definition) is 4. The molecule has 1 aromatic carbocycles. The largest absolute Gasteiger partial charge is 0.483 e. The van der Waals surface area contributed by atoms with Crippen LogP contribution in [0.25, 0.3) is 0 Å². The van der Waals surface area contributed by atoms with Crippen molar-refractivity contribution in [2.75, 3.05) is 13.2 Å². The first-order chi connectivity index (χ1) is 11.1. The van der Waals surface area contributed by atoms with E-state index < -0.39 is 0 Å². The van der Waals surface area contributed by atoms with Crippen molar-refractivity contribution in [3.63, 3.8) is 0 Å². The van der Waals surface area contributed by atoms with E-state index in [1.165, 1.54) is 0 Å². The average Bonchev–Trinajstić information content (AvgIpc) is 2.55. The lowest BCUT2D eigenvalue weighted by Gasteiger charge is -2.11. The summed E-state index contributed by atoms with van der Waals surface area (Å²) < 4.78 is 11.0. The summed E-state index contributed by atoms with van der Waals surface area (Å²) >= 11 is 0. The summed E-state index contributed by atoms with van der Waals surface area (Å²) in [5.41, 5.74) is 2.95. The third-order valence-corrected chi connectivity index (χ3v) is 3.31. The average molecular weight is 314 g/mol. The minimum absolute atomic E-state index is 0.0193. The quantitative estimate of drug-likeness (QED) is 0.853. The first-order valence-electron chi connectivity index (χ1n) is 7.63. The molecule has 0 spiro atoms. The molecule has 0 aliphatic rings. The van der Waals surface area contributed by atoms with E-state index in [-0.39, 0.29) is 12.5 Å². The summed E-state index contributed by atoms with van der Waals surface area (Å²) in [6, 6.07) is 9.61. The molecule has 0 aliphatic carbocycles. The topological polar surface area (TPSA) is 60.5 Å². The zero-order valence-electron chi connectivity index (χ0n) is 13.8. The van der Waals surface area contributed by atoms with Gasteiger partial charge in [0.25, 0.3) is 5.91 Å². The van der Waals surface area contributed by atoms with Crippen LogP contribution in [0.1, 0.15) is 23.6 Å². The smallest absolute Gasteiger partial charge is 0.258 e. The van der Waals surface area contributed by atoms with Gasteiger partial charge in [-0.15, -0.1) is 0 Å². The van der Waals surface area contributed by atoms with Crippen LogP contribution in [0, 0.1) is 13.8 Å². The maximum absolute atomic E-state index is 12.0. The van der Waals surface area contributed by atoms with Gasteiger partial charge in [-0.3, -0.25) is 4.79 Å². The summed E-state index contributed by atoms with van der Waals surface area (Å²) in [6.45, 7) is 6.72. The van der Waals surface area contributed by atoms with E-state index in [1.807, 2.05) is 51.1 Å². The molecule has 2 aromatic rings. The molecular formula is C18H22N2O3. The van der Waals surface area contributed by atoms with Crippen molar-refractivity contribution in [2.24, 2.45) is 0 Å². The van der Waals surface area contributed by atoms with Crippen molar-refractivity contribution < 1.29 is 14.3 Å². The minimum Gasteiger partial charge on any atom is -0.483 e. The van der Waals surface area contributed by atoms with Crippen molar-refractivity contribution in [1.82, 2.24) is 10.3 Å². The maximum Gasteiger partial charge on any atom is 0.258 e. The van der Waals surface area contributed by atoms with E-state index in [0.29, 0.717) is 19.0 Å². The molecular weight excluding hydrogens is 292 g/mol. The Hall–Kier alpha value is -2.56. The molecule has 5 nitrogen and oxygen atoms in total. The van der Waals surface area contributed by atoms with Gasteiger partial charge in [-0.1, -0.05) is 18.2 Å². The number of carbonyl (C=O) groups is 1. The molecule has 0 saturated heterocycles. The molecule has 1 amide bonds. The predicted octanol–water partition coefficient (Wildman–Crippen LogP) is 2.79. The van der Waals surface area contributed by atoms with Gasteiger partial charge in [-0.2, -0.15) is 0 Å². The van der Waals surface area contributed by atoms with E-state index in [4.69, 9.17) is 9.47 Å². The maximum atomic E-state index is 12.0. The number of nitrogens with zero attached hydrogens (tertiary/aromatic N) is 1. The lowest BCUT2D eigenvalue weighted by atomic mass is 10.1. The Morgan fingerprint density at radius 1 is 1.22 bits per heavy atom. The standard InChI is InChI=1S/C18H22N2O3/c1-4-22-18-15(6-5-9-19-18)11-20-17(21)12-23-16-10-13(2)7-8-14(16)3/h5-10H,4,11-12H2,1-3H3,(H,20,21). The Morgan fingerprint density at radius 3 is 2.83 bits per heavy atom. The van der Waals surface area contributed by atoms with E-state index >= 15 is 0 Å². The number of ether oxygens (including phenoxy) is 2. The van der Waals surface area contributed by atoms with Crippen LogP contribution in [0.5, 0.6) is 11.6 Å². The Balaban J connectivity index is 1.87. The second-order valence-corrected chi connectivity index (χ2v) is 5.24. The number of amides is 1. The number of hydrogen-bond donors (Lipinski definition) is 1. The number of pyridine rings is 1. The molecule has 0 fully saturated rings. The highest BCUT2D eigenvalue weighted by Gasteiger charge is 2.08. The van der Waals surface area contributed by atoms with Crippen LogP contribution < -0.4 is 14.8 Å². The van der Waals surface area contributed by atoms with Crippen LogP contribution in [-0.2, 0) is 11.3 Å². The highest BCUT2D eigenvalue weighted by atomic mass is 16.5. The van der Waals surface area contributed by atoms with Gasteiger partial charge in [0.1, 0.15) is 5.75 Å². The number of aromatic nitrogens is 1. The van der Waals surface area contributed by atoms with Gasteiger partial charge < -0.3 is 14.8 Å². The fourth-order valence-electron chi connectivity index (χ4n) is 2.08. The molecule has 5 heteroatoms. The van der Waals surface area contributed by atoms with Crippen LogP contribution in [0.15, 0.2) is 36.5 Å². The molecule has 1 aromatic heterocycles. The summed E-state index contributed by atoms with van der Waals surface area (Å²) in [4.78, 5) is 16.1. The zero-order valence-corrected chi connectivity index (χ0v) is 13.8. The minimum atomic E-state index is -0.183. The fourth-order valence-corrected chi connectivity index (χ4v) is 2.08. The fraction of sp³-hybridized carbons (Fsp3) is 0.333. The van der Waals surface area contributed by atoms with Gasteiger partial charge in [0.2, 0.25) is 5.88 Å². The van der Waals surface area contributed by atoms with Gasteiger partial charge in [0, 0.05) is 18.3 Å². The Kier molecular flexibility index (Phi) is 5.97. The van der Waals surface area contributed by atoms with Gasteiger partial charge in [0.05, 0.1) is 6.61 Å². The molecule has 0 saturated carbocycles. The number of benzene rings is 1. The van der Waals surface area contributed by atoms with E-state index in [9.17, 15) is 4.79 Å². The SMILES string of the molecule is CCOc1ncccc1CNC(=O)COc1cc(C)ccc1C. The highest BCUT2D eigenvalue weighted by molar-refractivity contribution is 5.77. The number of rotatable bonds is 7. The van der Waals surface area contributed by atoms with E-state index in [0.717, 1.165) is 22.4 Å². The molecule has 0 aliphatic heterocycles. The van der Waals surface area contributed by atoms with Gasteiger partial charge in [0.15, 0.2) is 6.61 Å². The van der Waals surface area contributed by atoms with Gasteiger partial charge in [-0.25, -0.2) is 4.98 Å². The van der Waals surface area contributed by atoms with Crippen LogP contribution in [0.4, 0.5) is 0 Å². The third kappa shape index (κ3) is 4.98. The number of nitrogens with one attached hydrogen (secondary N) is 1. The van der Waals surface area contributed by atoms with Gasteiger partial charge in [-0.05, 0) is 44.0 Å². The summed E-state index contributed by atoms with van der Waals surface area (Å²) in [6.07, 6.45) is 1.67. The van der Waals surface area contributed by atoms with Crippen LogP contribution in [0.3, 0.4) is 0 Å². The van der Waals surface area contributed by atoms with E-state index in [2.05, 4.69) is 10.3 Å². The monoisotopic (exact) mass is 314 g/mol. The second kappa shape index (κ2) is 8.17. The lowest BCUT2D eigenvalue weighted by Crippen LogP contribution is -2.28. The second-order valence-electron chi connectivity index (χ2n) is 5.24. The van der Waals surface area contributed by atoms with Crippen molar-refractivity contribution in [3.05, 3.63) is 53.2 Å². The van der Waals surface area contributed by atoms with Crippen LogP contribution >= 0.6 is 0 Å². The third-order valence-electron chi connectivity index (χ3n) is 3.31. The van der Waals surface area contributed by atoms with Crippen LogP contribution in [0.2, 0.25) is 0 Å². The lowest BCUT2D eigenvalue weighted by molar-refractivity contribution is -0.123. The highest BCUT2D eigenvalue weighted by Crippen LogP contribution is 2.19. The molecule has 2 rings (SSSR count). The molecule has 0 atom stereocenters. The first-order valence-corrected chi connectivity index (χ1v) is 7.63. The molecule has 23 heavy (non-hydrogen) atoms. The summed E-state index contributed by atoms with van der Waals surface area (Å²) in [7, 11) is 0. The Labute approximate surface area is 136 Å². The van der Waals surface area contributed by atoms with E-state index in [1.54, 1.807) is 6.20 Å². The van der Waals surface area contributed by atoms with Crippen molar-refractivity contribution >= 4 is 5.91 Å². The molecule has 0 radical (unpaired) electrons. The Bertz CT molecular complexity index is 671. The summed E-state index contributed by atoms with van der Waals surface area (Å²) in [5, 5.41) is 2.82. The molecule has 0 unspecified atom stereocenters. The van der Waals surface area contributed by atoms with Crippen LogP contribution in [-0.4, -0.2) is 24.1 Å². The number of carbonyl (C=O) groups excluding carboxylic acids is 1. The predicted molar refractivity (Wildman–Crippen MR) is 88.7 cm³/mol. The van der Waals surface area contributed by atoms with Crippen molar-refractivity contribution in [1.29, 1.82) is 0 Å². The first kappa shape index (κ1) is 16.8. The molecule has 1 heterocycles. The van der Waals surface area contributed by atoms with Crippen molar-refractivity contribution in [3.8, 4) is 11.6 Å². The molecule has 122 valence electrons.